The van der Waals surface area contributed by atoms with E-state index in [0.29, 0.717) is 0 Å². The number of phenolic OH excluding ortho intramolecular Hbond substituents is 1. The van der Waals surface area contributed by atoms with Crippen LogP contribution in [-0.2, 0) is 90.5 Å². The van der Waals surface area contributed by atoms with Crippen LogP contribution in [0, 0.1) is 0 Å². The summed E-state index contributed by atoms with van der Waals surface area (Å²) in [6.07, 6.45) is -16.9. The Morgan fingerprint density at radius 1 is 0.492 bits per heavy atom. The molecule has 2 heterocycles. The highest BCUT2D eigenvalue weighted by atomic mass is 16.8. The molecule has 2 aliphatic heterocycles. The van der Waals surface area contributed by atoms with Gasteiger partial charge in [-0.15, -0.1) is 0 Å². The van der Waals surface area contributed by atoms with E-state index in [-0.39, 0.29) is 0 Å². The van der Waals surface area contributed by atoms with Crippen molar-refractivity contribution < 1.29 is 110 Å². The van der Waals surface area contributed by atoms with Gasteiger partial charge in [0.15, 0.2) is 35.9 Å². The Morgan fingerprint density at radius 2 is 0.797 bits per heavy atom. The normalized spacial score (nSPS) is 26.1. The molecule has 1 N–H and O–H groups in total. The average Bonchev–Trinajstić information content (AvgIpc) is 3.11. The van der Waals surface area contributed by atoms with E-state index in [0.717, 1.165) is 74.6 Å². The number of esters is 9. The van der Waals surface area contributed by atoms with Crippen LogP contribution in [0.15, 0.2) is 12.1 Å². The Labute approximate surface area is 335 Å². The summed E-state index contributed by atoms with van der Waals surface area (Å²) in [7, 11) is 1.01. The molecule has 23 nitrogen and oxygen atoms in total. The quantitative estimate of drug-likeness (QED) is 0.181. The van der Waals surface area contributed by atoms with E-state index < -0.39 is 151 Å². The smallest absolute Gasteiger partial charge is 0.338 e. The molecule has 23 heteroatoms. The maximum atomic E-state index is 12.9. The molecule has 2 aliphatic rings. The summed E-state index contributed by atoms with van der Waals surface area (Å²) >= 11 is 0. The molecule has 1 aromatic rings. The van der Waals surface area contributed by atoms with Gasteiger partial charge in [0.25, 0.3) is 0 Å². The van der Waals surface area contributed by atoms with E-state index in [2.05, 4.69) is 0 Å². The Balaban J connectivity index is 2.22. The summed E-state index contributed by atoms with van der Waals surface area (Å²) in [5, 5.41) is 11.6. The fourth-order valence-corrected chi connectivity index (χ4v) is 5.82. The van der Waals surface area contributed by atoms with E-state index in [1.807, 2.05) is 0 Å². The van der Waals surface area contributed by atoms with Crippen molar-refractivity contribution in [2.75, 3.05) is 20.3 Å². The zero-order chi connectivity index (χ0) is 44.3. The molecule has 3 rings (SSSR count). The van der Waals surface area contributed by atoms with Crippen LogP contribution in [0.2, 0.25) is 0 Å². The lowest BCUT2D eigenvalue weighted by Gasteiger charge is -2.44. The third-order valence-corrected chi connectivity index (χ3v) is 7.84. The molecule has 59 heavy (non-hydrogen) atoms. The Hall–Kier alpha value is -6.23. The molecular formula is C36H44O23. The number of hydrogen-bond acceptors (Lipinski definition) is 23. The maximum absolute atomic E-state index is 12.9. The molecule has 326 valence electrons. The summed E-state index contributed by atoms with van der Waals surface area (Å²) in [4.78, 5) is 110. The van der Waals surface area contributed by atoms with Gasteiger partial charge in [-0.05, 0) is 12.1 Å². The average molecular weight is 845 g/mol. The number of methoxy groups -OCH3 is 1. The SMILES string of the molecule is COC(=O)c1cc(OC2O[C@@H](COC(C)=O)[C@H](OC(C)=O)[C@@H](OC(C)=O)[C@@H]2OC(C)=O)c(O)c(OC2O[C@H](COC(C)=O)[C@@H](OC(C)=O)[C@H](OC(C)=O)[C@H]2OC(C)=O)c1. The molecule has 0 aliphatic carbocycles. The van der Waals surface area contributed by atoms with Crippen molar-refractivity contribution in [1.29, 1.82) is 0 Å². The molecule has 2 saturated heterocycles. The van der Waals surface area contributed by atoms with E-state index in [1.165, 1.54) is 0 Å². The van der Waals surface area contributed by atoms with Gasteiger partial charge in [0.05, 0.1) is 12.7 Å². The van der Waals surface area contributed by atoms with Gasteiger partial charge in [0, 0.05) is 55.4 Å². The number of aromatic hydroxyl groups is 1. The first-order valence-corrected chi connectivity index (χ1v) is 17.5. The molecule has 2 unspecified atom stereocenters. The summed E-state index contributed by atoms with van der Waals surface area (Å²) in [5.74, 6) is -10.7. The second kappa shape index (κ2) is 21.0. The molecule has 0 amide bonds. The summed E-state index contributed by atoms with van der Waals surface area (Å²) < 4.78 is 71.1. The van der Waals surface area contributed by atoms with Crippen molar-refractivity contribution >= 4 is 53.7 Å². The Morgan fingerprint density at radius 3 is 1.08 bits per heavy atom. The number of ether oxygens (including phenoxy) is 13. The summed E-state index contributed by atoms with van der Waals surface area (Å²) in [5.41, 5.74) is -0.397. The predicted octanol–water partition coefficient (Wildman–Crippen LogP) is 0.103. The fraction of sp³-hybridized carbons (Fsp3) is 0.583. The zero-order valence-electron chi connectivity index (χ0n) is 33.3. The number of phenols is 1. The third-order valence-electron chi connectivity index (χ3n) is 7.84. The molecule has 1 aromatic carbocycles. The highest BCUT2D eigenvalue weighted by Gasteiger charge is 2.55. The number of benzene rings is 1. The standard InChI is InChI=1S/C36H44O23/c1-14(37)48-12-25-28(50-16(3)39)30(52-18(5)41)32(54-20(7)43)35(58-25)56-23-10-22(34(46)47-9)11-24(27(23)45)57-36-33(55-21(8)44)31(53-19(6)42)29(51-17(4)40)26(59-36)13-49-15(2)38/h10-11,25-26,28-33,35-36,45H,12-13H2,1-9H3/t25-,26+,28-,29+,30+,31-,32-,33+,35?,36?. The third kappa shape index (κ3) is 13.4. The van der Waals surface area contributed by atoms with Crippen LogP contribution in [0.25, 0.3) is 0 Å². The van der Waals surface area contributed by atoms with Gasteiger partial charge in [-0.25, -0.2) is 4.79 Å². The molecule has 0 aromatic heterocycles. The van der Waals surface area contributed by atoms with Gasteiger partial charge >= 0.3 is 53.7 Å². The van der Waals surface area contributed by atoms with Gasteiger partial charge < -0.3 is 66.7 Å². The van der Waals surface area contributed by atoms with E-state index >= 15 is 0 Å². The van der Waals surface area contributed by atoms with Gasteiger partial charge in [-0.1, -0.05) is 0 Å². The minimum Gasteiger partial charge on any atom is -0.502 e. The second-order valence-corrected chi connectivity index (χ2v) is 12.7. The minimum atomic E-state index is -1.92. The maximum Gasteiger partial charge on any atom is 0.338 e. The van der Waals surface area contributed by atoms with E-state index in [9.17, 15) is 48.3 Å². The topological polar surface area (TPSA) is 294 Å². The van der Waals surface area contributed by atoms with Crippen molar-refractivity contribution in [1.82, 2.24) is 0 Å². The van der Waals surface area contributed by atoms with Crippen LogP contribution in [0.1, 0.15) is 65.7 Å². The minimum absolute atomic E-state index is 0.397. The van der Waals surface area contributed by atoms with E-state index in [4.69, 9.17) is 61.6 Å². The van der Waals surface area contributed by atoms with E-state index in [1.54, 1.807) is 0 Å². The van der Waals surface area contributed by atoms with Crippen LogP contribution < -0.4 is 9.47 Å². The number of rotatable bonds is 15. The first-order valence-electron chi connectivity index (χ1n) is 17.5. The highest BCUT2D eigenvalue weighted by molar-refractivity contribution is 5.91. The molecule has 10 atom stereocenters. The van der Waals surface area contributed by atoms with Crippen LogP contribution in [0.4, 0.5) is 0 Å². The van der Waals surface area contributed by atoms with Crippen molar-refractivity contribution in [2.24, 2.45) is 0 Å². The lowest BCUT2D eigenvalue weighted by molar-refractivity contribution is -0.289. The number of carbonyl (C=O) groups is 9. The first kappa shape index (κ1) is 47.1. The molecular weight excluding hydrogens is 800 g/mol. The van der Waals surface area contributed by atoms with Gasteiger partial charge in [0.1, 0.15) is 25.4 Å². The monoisotopic (exact) mass is 844 g/mol. The van der Waals surface area contributed by atoms with Gasteiger partial charge in [-0.3, -0.25) is 38.4 Å². The Kier molecular flexibility index (Phi) is 16.8. The van der Waals surface area contributed by atoms with Crippen molar-refractivity contribution in [3.8, 4) is 17.2 Å². The predicted molar refractivity (Wildman–Crippen MR) is 185 cm³/mol. The summed E-state index contributed by atoms with van der Waals surface area (Å²) in [6.45, 7) is 6.81. The number of hydrogen-bond donors (Lipinski definition) is 1. The van der Waals surface area contributed by atoms with Crippen LogP contribution in [0.5, 0.6) is 17.2 Å². The van der Waals surface area contributed by atoms with Crippen molar-refractivity contribution in [3.05, 3.63) is 17.7 Å². The summed E-state index contributed by atoms with van der Waals surface area (Å²) in [6, 6.07) is 1.85. The van der Waals surface area contributed by atoms with Crippen LogP contribution in [0.3, 0.4) is 0 Å². The van der Waals surface area contributed by atoms with Gasteiger partial charge in [-0.2, -0.15) is 0 Å². The van der Waals surface area contributed by atoms with Crippen LogP contribution >= 0.6 is 0 Å². The number of carbonyl (C=O) groups excluding carboxylic acids is 9. The first-order chi connectivity index (χ1) is 27.6. The highest BCUT2D eigenvalue weighted by Crippen LogP contribution is 2.42. The molecule has 2 fully saturated rings. The van der Waals surface area contributed by atoms with Crippen molar-refractivity contribution in [2.45, 2.75) is 117 Å². The Bertz CT molecular complexity index is 1660. The largest absolute Gasteiger partial charge is 0.502 e. The van der Waals surface area contributed by atoms with Crippen LogP contribution in [-0.4, -0.2) is 141 Å². The van der Waals surface area contributed by atoms with Crippen molar-refractivity contribution in [3.63, 3.8) is 0 Å². The molecule has 0 bridgehead atoms. The second-order valence-electron chi connectivity index (χ2n) is 12.7. The lowest BCUT2D eigenvalue weighted by atomic mass is 9.98. The zero-order valence-corrected chi connectivity index (χ0v) is 33.3. The molecule has 0 saturated carbocycles. The van der Waals surface area contributed by atoms with Gasteiger partial charge in [0.2, 0.25) is 30.5 Å². The molecule has 0 spiro atoms. The molecule has 0 radical (unpaired) electrons. The lowest BCUT2D eigenvalue weighted by Crippen LogP contribution is -2.63. The fourth-order valence-electron chi connectivity index (χ4n) is 5.82.